The molecule has 0 saturated carbocycles. The third-order valence-corrected chi connectivity index (χ3v) is 4.67. The van der Waals surface area contributed by atoms with Gasteiger partial charge in [0, 0.05) is 0 Å². The second kappa shape index (κ2) is 9.73. The molecule has 1 heterocycles. The molecule has 156 valence electrons. The number of ether oxygens (including phenoxy) is 2. The Morgan fingerprint density at radius 1 is 1.07 bits per heavy atom. The van der Waals surface area contributed by atoms with Crippen LogP contribution >= 0.6 is 0 Å². The smallest absolute Gasteiger partial charge is 0.338 e. The molecule has 7 heteroatoms. The lowest BCUT2D eigenvalue weighted by atomic mass is 10.1. The van der Waals surface area contributed by atoms with Crippen LogP contribution in [0.2, 0.25) is 0 Å². The zero-order valence-corrected chi connectivity index (χ0v) is 17.2. The van der Waals surface area contributed by atoms with Crippen molar-refractivity contribution in [3.8, 4) is 5.75 Å². The highest BCUT2D eigenvalue weighted by atomic mass is 16.5. The summed E-state index contributed by atoms with van der Waals surface area (Å²) in [5.74, 6) is 0.377. The van der Waals surface area contributed by atoms with Gasteiger partial charge in [0.05, 0.1) is 22.9 Å². The first-order valence-corrected chi connectivity index (χ1v) is 9.60. The van der Waals surface area contributed by atoms with Gasteiger partial charge in [-0.05, 0) is 50.6 Å². The zero-order valence-electron chi connectivity index (χ0n) is 17.2. The van der Waals surface area contributed by atoms with E-state index in [1.807, 2.05) is 51.1 Å². The standard InChI is InChI=1S/C23H24N2O5/c1-15(18-7-5-4-6-8-18)24-22(26)14-29-23(27)19-9-11-20(12-10-19)28-13-21-16(2)25-30-17(21)3/h4-12,15H,13-14H2,1-3H3,(H,24,26)/t15-/m1/s1. The lowest BCUT2D eigenvalue weighted by Crippen LogP contribution is -2.31. The van der Waals surface area contributed by atoms with Gasteiger partial charge in [-0.3, -0.25) is 4.79 Å². The lowest BCUT2D eigenvalue weighted by Gasteiger charge is -2.14. The highest BCUT2D eigenvalue weighted by Gasteiger charge is 2.14. The number of nitrogens with one attached hydrogen (secondary N) is 1. The van der Waals surface area contributed by atoms with Crippen molar-refractivity contribution in [2.24, 2.45) is 0 Å². The molecule has 0 unspecified atom stereocenters. The second-order valence-electron chi connectivity index (χ2n) is 6.89. The average molecular weight is 408 g/mol. The first-order valence-electron chi connectivity index (χ1n) is 9.60. The second-order valence-corrected chi connectivity index (χ2v) is 6.89. The Morgan fingerprint density at radius 2 is 1.77 bits per heavy atom. The number of benzene rings is 2. The zero-order chi connectivity index (χ0) is 21.5. The number of carbonyl (C=O) groups excluding carboxylic acids is 2. The summed E-state index contributed by atoms with van der Waals surface area (Å²) in [5.41, 5.74) is 3.00. The van der Waals surface area contributed by atoms with Crippen molar-refractivity contribution in [1.29, 1.82) is 0 Å². The van der Waals surface area contributed by atoms with Crippen molar-refractivity contribution >= 4 is 11.9 Å². The summed E-state index contributed by atoms with van der Waals surface area (Å²) in [5, 5.41) is 6.69. The Labute approximate surface area is 175 Å². The first kappa shape index (κ1) is 21.1. The van der Waals surface area contributed by atoms with Crippen molar-refractivity contribution in [2.45, 2.75) is 33.4 Å². The van der Waals surface area contributed by atoms with Crippen molar-refractivity contribution in [3.63, 3.8) is 0 Å². The maximum atomic E-state index is 12.2. The van der Waals surface area contributed by atoms with Crippen LogP contribution in [-0.4, -0.2) is 23.6 Å². The molecule has 30 heavy (non-hydrogen) atoms. The van der Waals surface area contributed by atoms with Crippen LogP contribution in [0.3, 0.4) is 0 Å². The minimum Gasteiger partial charge on any atom is -0.489 e. The van der Waals surface area contributed by atoms with Gasteiger partial charge in [-0.15, -0.1) is 0 Å². The Morgan fingerprint density at radius 3 is 2.40 bits per heavy atom. The Hall–Kier alpha value is -3.61. The maximum absolute atomic E-state index is 12.2. The number of carbonyl (C=O) groups is 2. The van der Waals surface area contributed by atoms with Gasteiger partial charge in [0.25, 0.3) is 5.91 Å². The third kappa shape index (κ3) is 5.47. The van der Waals surface area contributed by atoms with E-state index in [9.17, 15) is 9.59 Å². The quantitative estimate of drug-likeness (QED) is 0.569. The van der Waals surface area contributed by atoms with Crippen molar-refractivity contribution in [1.82, 2.24) is 10.5 Å². The topological polar surface area (TPSA) is 90.7 Å². The van der Waals surface area contributed by atoms with E-state index >= 15 is 0 Å². The van der Waals surface area contributed by atoms with E-state index in [2.05, 4.69) is 10.5 Å². The van der Waals surface area contributed by atoms with Crippen LogP contribution in [0, 0.1) is 13.8 Å². The summed E-state index contributed by atoms with van der Waals surface area (Å²) >= 11 is 0. The van der Waals surface area contributed by atoms with Crippen molar-refractivity contribution in [3.05, 3.63) is 82.7 Å². The van der Waals surface area contributed by atoms with Gasteiger partial charge in [-0.2, -0.15) is 0 Å². The van der Waals surface area contributed by atoms with Gasteiger partial charge in [-0.1, -0.05) is 35.5 Å². The summed E-state index contributed by atoms with van der Waals surface area (Å²) < 4.78 is 15.9. The molecule has 3 aromatic rings. The van der Waals surface area contributed by atoms with Crippen molar-refractivity contribution in [2.75, 3.05) is 6.61 Å². The molecule has 0 saturated heterocycles. The molecule has 0 radical (unpaired) electrons. The van der Waals surface area contributed by atoms with E-state index in [0.717, 1.165) is 16.8 Å². The monoisotopic (exact) mass is 408 g/mol. The van der Waals surface area contributed by atoms with Crippen LogP contribution in [0.1, 0.15) is 45.9 Å². The molecule has 0 aliphatic carbocycles. The molecular weight excluding hydrogens is 384 g/mol. The number of rotatable bonds is 8. The fourth-order valence-corrected chi connectivity index (χ4v) is 2.87. The van der Waals surface area contributed by atoms with Crippen molar-refractivity contribution < 1.29 is 23.6 Å². The van der Waals surface area contributed by atoms with Crippen LogP contribution in [0.25, 0.3) is 0 Å². The Balaban J connectivity index is 1.46. The molecule has 7 nitrogen and oxygen atoms in total. The molecule has 0 spiro atoms. The Kier molecular flexibility index (Phi) is 6.85. The molecule has 1 N–H and O–H groups in total. The molecule has 2 aromatic carbocycles. The average Bonchev–Trinajstić information content (AvgIpc) is 3.08. The molecule has 0 bridgehead atoms. The Bertz CT molecular complexity index is 977. The number of amides is 1. The normalized spacial score (nSPS) is 11.6. The SMILES string of the molecule is Cc1noc(C)c1COc1ccc(C(=O)OCC(=O)N[C@H](C)c2ccccc2)cc1. The molecule has 1 aromatic heterocycles. The highest BCUT2D eigenvalue weighted by Crippen LogP contribution is 2.18. The molecule has 1 atom stereocenters. The molecule has 3 rings (SSSR count). The van der Waals surface area contributed by atoms with E-state index in [1.54, 1.807) is 24.3 Å². The molecule has 0 fully saturated rings. The first-order chi connectivity index (χ1) is 14.4. The van der Waals surface area contributed by atoms with E-state index in [0.29, 0.717) is 23.7 Å². The molecular formula is C23H24N2O5. The predicted molar refractivity (Wildman–Crippen MR) is 110 cm³/mol. The number of hydrogen-bond acceptors (Lipinski definition) is 6. The van der Waals surface area contributed by atoms with Gasteiger partial charge in [0.2, 0.25) is 0 Å². The molecule has 1 amide bonds. The van der Waals surface area contributed by atoms with Gasteiger partial charge < -0.3 is 19.3 Å². The fourth-order valence-electron chi connectivity index (χ4n) is 2.87. The number of aryl methyl sites for hydroxylation is 2. The summed E-state index contributed by atoms with van der Waals surface area (Å²) in [6.45, 7) is 5.53. The van der Waals surface area contributed by atoms with E-state index in [4.69, 9.17) is 14.0 Å². The van der Waals surface area contributed by atoms with Gasteiger partial charge in [0.1, 0.15) is 18.1 Å². The number of aromatic nitrogens is 1. The van der Waals surface area contributed by atoms with Crippen LogP contribution in [0.4, 0.5) is 0 Å². The maximum Gasteiger partial charge on any atom is 0.338 e. The lowest BCUT2D eigenvalue weighted by molar-refractivity contribution is -0.124. The van der Waals surface area contributed by atoms with E-state index in [-0.39, 0.29) is 18.6 Å². The van der Waals surface area contributed by atoms with Crippen LogP contribution in [0.5, 0.6) is 5.75 Å². The summed E-state index contributed by atoms with van der Waals surface area (Å²) in [6, 6.07) is 15.9. The van der Waals surface area contributed by atoms with E-state index < -0.39 is 5.97 Å². The molecule has 0 aliphatic heterocycles. The summed E-state index contributed by atoms with van der Waals surface area (Å²) in [6.07, 6.45) is 0. The molecule has 0 aliphatic rings. The largest absolute Gasteiger partial charge is 0.489 e. The fraction of sp³-hybridized carbons (Fsp3) is 0.261. The van der Waals surface area contributed by atoms with Crippen LogP contribution in [-0.2, 0) is 16.1 Å². The highest BCUT2D eigenvalue weighted by molar-refractivity contribution is 5.91. The summed E-state index contributed by atoms with van der Waals surface area (Å²) in [7, 11) is 0. The van der Waals surface area contributed by atoms with Gasteiger partial charge in [-0.25, -0.2) is 4.79 Å². The number of hydrogen-bond donors (Lipinski definition) is 1. The number of nitrogens with zero attached hydrogens (tertiary/aromatic N) is 1. The summed E-state index contributed by atoms with van der Waals surface area (Å²) in [4.78, 5) is 24.2. The van der Waals surface area contributed by atoms with Crippen LogP contribution in [0.15, 0.2) is 59.1 Å². The van der Waals surface area contributed by atoms with Crippen LogP contribution < -0.4 is 10.1 Å². The van der Waals surface area contributed by atoms with Gasteiger partial charge in [0.15, 0.2) is 6.61 Å². The minimum absolute atomic E-state index is 0.175. The third-order valence-electron chi connectivity index (χ3n) is 4.67. The van der Waals surface area contributed by atoms with Gasteiger partial charge >= 0.3 is 5.97 Å². The number of esters is 1. The minimum atomic E-state index is -0.574. The predicted octanol–water partition coefficient (Wildman–Crippen LogP) is 3.90. The van der Waals surface area contributed by atoms with E-state index in [1.165, 1.54) is 0 Å².